The van der Waals surface area contributed by atoms with E-state index >= 15 is 0 Å². The average molecular weight is 548 g/mol. The molecule has 0 saturated carbocycles. The van der Waals surface area contributed by atoms with Gasteiger partial charge in [-0.15, -0.1) is 0 Å². The summed E-state index contributed by atoms with van der Waals surface area (Å²) in [7, 11) is 2.07. The Morgan fingerprint density at radius 2 is 1.95 bits per heavy atom. The number of fused-ring (bicyclic) bond motifs is 1. The molecule has 196 valence electrons. The molecule has 1 aromatic carbocycles. The monoisotopic (exact) mass is 547 g/mol. The Labute approximate surface area is 224 Å². The number of carbonyl (C=O) groups excluding carboxylic acids is 1. The second-order valence-corrected chi connectivity index (χ2v) is 10.2. The number of hydrogen-bond donors (Lipinski definition) is 1. The highest BCUT2D eigenvalue weighted by Crippen LogP contribution is 2.41. The van der Waals surface area contributed by atoms with Gasteiger partial charge in [-0.1, -0.05) is 29.3 Å². The number of benzene rings is 1. The number of carbonyl (C=O) groups is 1. The van der Waals surface area contributed by atoms with Crippen molar-refractivity contribution < 1.29 is 18.3 Å². The van der Waals surface area contributed by atoms with Gasteiger partial charge in [0.2, 0.25) is 5.75 Å². The number of furan rings is 1. The fourth-order valence-electron chi connectivity index (χ4n) is 4.78. The quantitative estimate of drug-likeness (QED) is 0.437. The number of hydrogen-bond acceptors (Lipinski definition) is 6. The van der Waals surface area contributed by atoms with Crippen LogP contribution in [0.25, 0.3) is 16.5 Å². The molecule has 1 unspecified atom stereocenters. The molecular formula is C26H28Cl2FN5O3. The van der Waals surface area contributed by atoms with Crippen molar-refractivity contribution >= 4 is 51.6 Å². The molecule has 8 nitrogen and oxygen atoms in total. The van der Waals surface area contributed by atoms with Crippen LogP contribution in [0.3, 0.4) is 0 Å². The Morgan fingerprint density at radius 1 is 1.19 bits per heavy atom. The summed E-state index contributed by atoms with van der Waals surface area (Å²) < 4.78 is 26.0. The third kappa shape index (κ3) is 4.95. The third-order valence-electron chi connectivity index (χ3n) is 6.98. The number of urea groups is 1. The minimum absolute atomic E-state index is 0.0780. The first-order valence-electron chi connectivity index (χ1n) is 12.1. The molecule has 5 rings (SSSR count). The highest BCUT2D eigenvalue weighted by molar-refractivity contribution is 6.36. The molecule has 1 saturated heterocycles. The zero-order valence-electron chi connectivity index (χ0n) is 20.6. The molecule has 0 aliphatic carbocycles. The average Bonchev–Trinajstić information content (AvgIpc) is 3.33. The molecule has 2 aliphatic heterocycles. The molecular weight excluding hydrogens is 520 g/mol. The Morgan fingerprint density at radius 3 is 2.65 bits per heavy atom. The first kappa shape index (κ1) is 25.6. The molecule has 4 heterocycles. The Balaban J connectivity index is 1.37. The standard InChI is InChI=1S/C26H28Cl2FN5O3/c1-15(21-19(27)3-4-20(29)22(21)28)37-24-23-17(13-31-25(24)30)18(14-36-23)16-5-7-33(8-6-16)26(35)34-11-9-32(2)10-12-34/h3-5,13-15H,6-12H2,1-2H3,(H2,30,31). The maximum atomic E-state index is 14.1. The van der Waals surface area contributed by atoms with Crippen LogP contribution in [-0.2, 0) is 0 Å². The summed E-state index contributed by atoms with van der Waals surface area (Å²) in [5.41, 5.74) is 8.80. The van der Waals surface area contributed by atoms with Gasteiger partial charge in [-0.05, 0) is 38.1 Å². The van der Waals surface area contributed by atoms with E-state index in [0.717, 1.165) is 42.7 Å². The number of nitrogens with zero attached hydrogens (tertiary/aromatic N) is 4. The van der Waals surface area contributed by atoms with Crippen LogP contribution in [-0.4, -0.2) is 72.0 Å². The first-order valence-corrected chi connectivity index (χ1v) is 12.9. The highest BCUT2D eigenvalue weighted by atomic mass is 35.5. The molecule has 11 heteroatoms. The van der Waals surface area contributed by atoms with Gasteiger partial charge in [0.05, 0.1) is 16.7 Å². The van der Waals surface area contributed by atoms with Crippen molar-refractivity contribution in [3.63, 3.8) is 0 Å². The second kappa shape index (κ2) is 10.4. The Hall–Kier alpha value is -3.01. The number of aromatic nitrogens is 1. The number of pyridine rings is 1. The number of ether oxygens (including phenoxy) is 1. The van der Waals surface area contributed by atoms with Gasteiger partial charge >= 0.3 is 6.03 Å². The number of anilines is 1. The topological polar surface area (TPSA) is 88.1 Å². The number of nitrogen functional groups attached to an aromatic ring is 1. The van der Waals surface area contributed by atoms with Crippen molar-refractivity contribution in [1.29, 1.82) is 0 Å². The smallest absolute Gasteiger partial charge is 0.320 e. The lowest BCUT2D eigenvalue weighted by Crippen LogP contribution is -2.52. The van der Waals surface area contributed by atoms with E-state index in [-0.39, 0.29) is 27.6 Å². The first-order chi connectivity index (χ1) is 17.7. The zero-order chi connectivity index (χ0) is 26.3. The second-order valence-electron chi connectivity index (χ2n) is 9.38. The van der Waals surface area contributed by atoms with Gasteiger partial charge in [0, 0.05) is 61.6 Å². The van der Waals surface area contributed by atoms with Crippen LogP contribution >= 0.6 is 23.2 Å². The maximum absolute atomic E-state index is 14.1. The normalized spacial score (nSPS) is 17.7. The summed E-state index contributed by atoms with van der Waals surface area (Å²) in [6, 6.07) is 2.71. The largest absolute Gasteiger partial charge is 0.478 e. The van der Waals surface area contributed by atoms with Crippen LogP contribution in [0.2, 0.25) is 10.0 Å². The third-order valence-corrected chi connectivity index (χ3v) is 7.69. The van der Waals surface area contributed by atoms with Crippen molar-refractivity contribution in [2.75, 3.05) is 52.0 Å². The van der Waals surface area contributed by atoms with Crippen molar-refractivity contribution in [3.05, 3.63) is 57.7 Å². The van der Waals surface area contributed by atoms with Gasteiger partial charge < -0.3 is 29.6 Å². The van der Waals surface area contributed by atoms with Crippen LogP contribution < -0.4 is 10.5 Å². The van der Waals surface area contributed by atoms with Gasteiger partial charge in [-0.2, -0.15) is 0 Å². The van der Waals surface area contributed by atoms with E-state index in [2.05, 4.69) is 16.9 Å². The van der Waals surface area contributed by atoms with E-state index in [1.165, 1.54) is 12.1 Å². The van der Waals surface area contributed by atoms with Gasteiger partial charge in [-0.3, -0.25) is 0 Å². The van der Waals surface area contributed by atoms with Gasteiger partial charge in [-0.25, -0.2) is 14.2 Å². The van der Waals surface area contributed by atoms with Crippen molar-refractivity contribution in [2.45, 2.75) is 19.4 Å². The van der Waals surface area contributed by atoms with Crippen LogP contribution in [0, 0.1) is 5.82 Å². The summed E-state index contributed by atoms with van der Waals surface area (Å²) >= 11 is 12.4. The lowest BCUT2D eigenvalue weighted by Gasteiger charge is -2.37. The van der Waals surface area contributed by atoms with E-state index in [4.69, 9.17) is 38.1 Å². The number of nitrogens with two attached hydrogens (primary N) is 1. The number of halogens is 3. The summed E-state index contributed by atoms with van der Waals surface area (Å²) in [4.78, 5) is 23.3. The molecule has 2 N–H and O–H groups in total. The molecule has 2 amide bonds. The minimum Gasteiger partial charge on any atom is -0.478 e. The summed E-state index contributed by atoms with van der Waals surface area (Å²) in [6.07, 6.45) is 5.30. The van der Waals surface area contributed by atoms with Crippen LogP contribution in [0.4, 0.5) is 15.0 Å². The molecule has 1 fully saturated rings. The molecule has 1 atom stereocenters. The summed E-state index contributed by atoms with van der Waals surface area (Å²) in [6.45, 7) is 6.10. The summed E-state index contributed by atoms with van der Waals surface area (Å²) in [5.74, 6) is -0.230. The highest BCUT2D eigenvalue weighted by Gasteiger charge is 2.27. The lowest BCUT2D eigenvalue weighted by atomic mass is 9.99. The summed E-state index contributed by atoms with van der Waals surface area (Å²) in [5, 5.41) is 0.903. The van der Waals surface area contributed by atoms with Crippen molar-refractivity contribution in [3.8, 4) is 5.75 Å². The maximum Gasteiger partial charge on any atom is 0.320 e. The molecule has 2 aliphatic rings. The molecule has 0 radical (unpaired) electrons. The van der Waals surface area contributed by atoms with E-state index in [9.17, 15) is 9.18 Å². The number of rotatable bonds is 4. The van der Waals surface area contributed by atoms with E-state index < -0.39 is 11.9 Å². The van der Waals surface area contributed by atoms with E-state index in [1.54, 1.807) is 19.4 Å². The molecule has 2 aromatic heterocycles. The predicted molar refractivity (Wildman–Crippen MR) is 143 cm³/mol. The van der Waals surface area contributed by atoms with Crippen LogP contribution in [0.15, 0.2) is 35.1 Å². The van der Waals surface area contributed by atoms with Gasteiger partial charge in [0.1, 0.15) is 11.9 Å². The van der Waals surface area contributed by atoms with Crippen LogP contribution in [0.5, 0.6) is 5.75 Å². The fourth-order valence-corrected chi connectivity index (χ4v) is 5.46. The molecule has 0 bridgehead atoms. The molecule has 37 heavy (non-hydrogen) atoms. The SMILES string of the molecule is CC(Oc1c(N)ncc2c(C3=CCN(C(=O)N4CCN(C)CC4)CC3)coc12)c1c(Cl)ccc(F)c1Cl. The lowest BCUT2D eigenvalue weighted by molar-refractivity contribution is 0.125. The Bertz CT molecular complexity index is 1370. The van der Waals surface area contributed by atoms with E-state index in [1.807, 2.05) is 15.9 Å². The molecule has 3 aromatic rings. The Kier molecular flexibility index (Phi) is 7.20. The van der Waals surface area contributed by atoms with Crippen molar-refractivity contribution in [1.82, 2.24) is 19.7 Å². The molecule has 0 spiro atoms. The van der Waals surface area contributed by atoms with Crippen LogP contribution in [0.1, 0.15) is 30.6 Å². The predicted octanol–water partition coefficient (Wildman–Crippen LogP) is 5.45. The fraction of sp³-hybridized carbons (Fsp3) is 0.385. The number of piperazine rings is 1. The van der Waals surface area contributed by atoms with E-state index in [0.29, 0.717) is 30.7 Å². The number of likely N-dealkylation sites (N-methyl/N-ethyl adjacent to an activating group) is 1. The van der Waals surface area contributed by atoms with Crippen molar-refractivity contribution in [2.24, 2.45) is 0 Å². The van der Waals surface area contributed by atoms with Gasteiger partial charge in [0.25, 0.3) is 0 Å². The number of amides is 2. The van der Waals surface area contributed by atoms with Gasteiger partial charge in [0.15, 0.2) is 11.4 Å². The minimum atomic E-state index is -0.720. The zero-order valence-corrected chi connectivity index (χ0v) is 22.2.